The summed E-state index contributed by atoms with van der Waals surface area (Å²) in [4.78, 5) is 5.73. The summed E-state index contributed by atoms with van der Waals surface area (Å²) in [5.74, 6) is 0.781. The summed E-state index contributed by atoms with van der Waals surface area (Å²) in [7, 11) is -0.666. The molecule has 1 unspecified atom stereocenters. The number of aromatic nitrogens is 1. The fourth-order valence-corrected chi connectivity index (χ4v) is 2.66. The lowest BCUT2D eigenvalue weighted by Crippen LogP contribution is -2.16. The van der Waals surface area contributed by atoms with Gasteiger partial charge in [-0.3, -0.25) is 4.21 Å². The predicted octanol–water partition coefficient (Wildman–Crippen LogP) is 1.62. The van der Waals surface area contributed by atoms with Gasteiger partial charge in [-0.1, -0.05) is 0 Å². The second-order valence-electron chi connectivity index (χ2n) is 3.56. The van der Waals surface area contributed by atoms with Crippen molar-refractivity contribution < 1.29 is 4.21 Å². The third-order valence-corrected chi connectivity index (χ3v) is 4.07. The van der Waals surface area contributed by atoms with Crippen molar-refractivity contribution in [3.05, 3.63) is 15.6 Å². The maximum Gasteiger partial charge on any atom is 0.107 e. The minimum Gasteiger partial charge on any atom is -0.310 e. The predicted molar refractivity (Wildman–Crippen MR) is 66.8 cm³/mol. The smallest absolute Gasteiger partial charge is 0.107 e. The fourth-order valence-electron chi connectivity index (χ4n) is 1.21. The zero-order chi connectivity index (χ0) is 11.3. The van der Waals surface area contributed by atoms with Crippen molar-refractivity contribution in [3.8, 4) is 0 Å². The minimum atomic E-state index is -0.666. The highest BCUT2D eigenvalue weighted by atomic mass is 32.2. The molecule has 1 aromatic heterocycles. The van der Waals surface area contributed by atoms with Crippen LogP contribution in [-0.4, -0.2) is 27.7 Å². The Hall–Kier alpha value is -0.260. The molecule has 0 radical (unpaired) electrons. The van der Waals surface area contributed by atoms with E-state index >= 15 is 0 Å². The monoisotopic (exact) mass is 246 g/mol. The van der Waals surface area contributed by atoms with Gasteiger partial charge in [0.25, 0.3) is 0 Å². The van der Waals surface area contributed by atoms with E-state index in [1.165, 1.54) is 4.88 Å². The van der Waals surface area contributed by atoms with Crippen molar-refractivity contribution in [2.24, 2.45) is 0 Å². The Morgan fingerprint density at radius 1 is 1.47 bits per heavy atom. The second kappa shape index (κ2) is 6.35. The zero-order valence-electron chi connectivity index (χ0n) is 9.50. The molecule has 0 amide bonds. The SMILES string of the molecule is Cc1nc(CNCCCS(C)=O)sc1C. The van der Waals surface area contributed by atoms with E-state index in [-0.39, 0.29) is 0 Å². The van der Waals surface area contributed by atoms with E-state index in [1.807, 2.05) is 6.92 Å². The van der Waals surface area contributed by atoms with Crippen LogP contribution in [0.5, 0.6) is 0 Å². The number of thiazole rings is 1. The van der Waals surface area contributed by atoms with Gasteiger partial charge in [-0.05, 0) is 26.8 Å². The van der Waals surface area contributed by atoms with Crippen LogP contribution in [0.2, 0.25) is 0 Å². The zero-order valence-corrected chi connectivity index (χ0v) is 11.1. The third-order valence-electron chi connectivity index (χ3n) is 2.13. The van der Waals surface area contributed by atoms with Crippen LogP contribution in [0.25, 0.3) is 0 Å². The summed E-state index contributed by atoms with van der Waals surface area (Å²) in [6, 6.07) is 0. The average Bonchev–Trinajstić information content (AvgIpc) is 2.45. The van der Waals surface area contributed by atoms with Crippen LogP contribution in [-0.2, 0) is 17.3 Å². The van der Waals surface area contributed by atoms with Crippen molar-refractivity contribution in [1.82, 2.24) is 10.3 Å². The van der Waals surface area contributed by atoms with E-state index in [0.29, 0.717) is 0 Å². The molecular formula is C10H18N2OS2. The van der Waals surface area contributed by atoms with Crippen molar-refractivity contribution in [2.45, 2.75) is 26.8 Å². The Labute approximate surface area is 97.8 Å². The van der Waals surface area contributed by atoms with E-state index in [1.54, 1.807) is 17.6 Å². The van der Waals surface area contributed by atoms with Gasteiger partial charge in [0.05, 0.1) is 5.69 Å². The molecule has 0 aliphatic carbocycles. The molecule has 0 fully saturated rings. The normalized spacial score (nSPS) is 13.0. The van der Waals surface area contributed by atoms with E-state index in [2.05, 4.69) is 17.2 Å². The van der Waals surface area contributed by atoms with E-state index in [0.717, 1.165) is 36.0 Å². The first kappa shape index (κ1) is 12.8. The molecule has 1 heterocycles. The molecule has 1 N–H and O–H groups in total. The van der Waals surface area contributed by atoms with Crippen LogP contribution in [0.1, 0.15) is 22.0 Å². The first-order valence-corrected chi connectivity index (χ1v) is 7.57. The van der Waals surface area contributed by atoms with Crippen LogP contribution in [0, 0.1) is 13.8 Å². The number of hydrogen-bond acceptors (Lipinski definition) is 4. The largest absolute Gasteiger partial charge is 0.310 e. The highest BCUT2D eigenvalue weighted by Crippen LogP contribution is 2.15. The Balaban J connectivity index is 2.18. The fraction of sp³-hybridized carbons (Fsp3) is 0.700. The number of nitrogens with one attached hydrogen (secondary N) is 1. The molecule has 1 aromatic rings. The van der Waals surface area contributed by atoms with Gasteiger partial charge in [-0.25, -0.2) is 4.98 Å². The van der Waals surface area contributed by atoms with Crippen LogP contribution in [0.4, 0.5) is 0 Å². The summed E-state index contributed by atoms with van der Waals surface area (Å²) < 4.78 is 10.8. The molecule has 5 heteroatoms. The van der Waals surface area contributed by atoms with Crippen LogP contribution in [0.15, 0.2) is 0 Å². The highest BCUT2D eigenvalue weighted by Gasteiger charge is 2.02. The van der Waals surface area contributed by atoms with Gasteiger partial charge >= 0.3 is 0 Å². The van der Waals surface area contributed by atoms with Crippen molar-refractivity contribution in [2.75, 3.05) is 18.6 Å². The van der Waals surface area contributed by atoms with Crippen LogP contribution < -0.4 is 5.32 Å². The topological polar surface area (TPSA) is 42.0 Å². The van der Waals surface area contributed by atoms with Gasteiger partial charge in [0, 0.05) is 34.2 Å². The molecule has 86 valence electrons. The van der Waals surface area contributed by atoms with Crippen molar-refractivity contribution in [1.29, 1.82) is 0 Å². The van der Waals surface area contributed by atoms with E-state index < -0.39 is 10.8 Å². The quantitative estimate of drug-likeness (QED) is 0.776. The molecule has 0 aromatic carbocycles. The molecule has 0 saturated heterocycles. The van der Waals surface area contributed by atoms with Gasteiger partial charge in [-0.2, -0.15) is 0 Å². The molecule has 0 aliphatic rings. The number of aryl methyl sites for hydroxylation is 2. The van der Waals surface area contributed by atoms with E-state index in [4.69, 9.17) is 0 Å². The Kier molecular flexibility index (Phi) is 5.42. The molecule has 0 aliphatic heterocycles. The summed E-state index contributed by atoms with van der Waals surface area (Å²) in [5.41, 5.74) is 1.13. The van der Waals surface area contributed by atoms with E-state index in [9.17, 15) is 4.21 Å². The first-order chi connectivity index (χ1) is 7.09. The molecule has 1 rings (SSSR count). The van der Waals surface area contributed by atoms with Crippen molar-refractivity contribution >= 4 is 22.1 Å². The van der Waals surface area contributed by atoms with Crippen LogP contribution in [0.3, 0.4) is 0 Å². The van der Waals surface area contributed by atoms with Gasteiger partial charge < -0.3 is 5.32 Å². The third kappa shape index (κ3) is 4.86. The van der Waals surface area contributed by atoms with Gasteiger partial charge in [0.15, 0.2) is 0 Å². The second-order valence-corrected chi connectivity index (χ2v) is 6.40. The highest BCUT2D eigenvalue weighted by molar-refractivity contribution is 7.84. The summed E-state index contributed by atoms with van der Waals surface area (Å²) in [5, 5.41) is 4.45. The molecule has 1 atom stereocenters. The molecule has 0 bridgehead atoms. The minimum absolute atomic E-state index is 0.666. The first-order valence-electron chi connectivity index (χ1n) is 5.03. The molecule has 0 saturated carbocycles. The molecule has 15 heavy (non-hydrogen) atoms. The lowest BCUT2D eigenvalue weighted by atomic mass is 10.4. The van der Waals surface area contributed by atoms with Crippen molar-refractivity contribution in [3.63, 3.8) is 0 Å². The lowest BCUT2D eigenvalue weighted by molar-refractivity contribution is 0.660. The Morgan fingerprint density at radius 2 is 2.20 bits per heavy atom. The number of hydrogen-bond donors (Lipinski definition) is 1. The van der Waals surface area contributed by atoms with Gasteiger partial charge in [-0.15, -0.1) is 11.3 Å². The molecular weight excluding hydrogens is 228 g/mol. The summed E-state index contributed by atoms with van der Waals surface area (Å²) in [6.45, 7) is 5.87. The number of rotatable bonds is 6. The lowest BCUT2D eigenvalue weighted by Gasteiger charge is -2.00. The summed E-state index contributed by atoms with van der Waals surface area (Å²) in [6.07, 6.45) is 2.71. The van der Waals surface area contributed by atoms with Crippen LogP contribution >= 0.6 is 11.3 Å². The number of nitrogens with zero attached hydrogens (tertiary/aromatic N) is 1. The maximum absolute atomic E-state index is 10.8. The Bertz CT molecular complexity index is 317. The molecule has 0 spiro atoms. The molecule has 3 nitrogen and oxygen atoms in total. The van der Waals surface area contributed by atoms with Gasteiger partial charge in [0.2, 0.25) is 0 Å². The average molecular weight is 246 g/mol. The maximum atomic E-state index is 10.8. The standard InChI is InChI=1S/C10H18N2OS2/c1-8-9(2)14-10(12-8)7-11-5-4-6-15(3)13/h11H,4-7H2,1-3H3. The Morgan fingerprint density at radius 3 is 2.73 bits per heavy atom. The summed E-state index contributed by atoms with van der Waals surface area (Å²) >= 11 is 1.75. The van der Waals surface area contributed by atoms with Gasteiger partial charge in [0.1, 0.15) is 5.01 Å².